The number of amides is 1. The first-order valence-corrected chi connectivity index (χ1v) is 6.19. The van der Waals surface area contributed by atoms with Gasteiger partial charge in [-0.05, 0) is 28.1 Å². The van der Waals surface area contributed by atoms with Crippen LogP contribution in [-0.4, -0.2) is 22.0 Å². The van der Waals surface area contributed by atoms with E-state index in [1.54, 1.807) is 0 Å². The molecule has 0 aliphatic carbocycles. The van der Waals surface area contributed by atoms with Gasteiger partial charge in [0.25, 0.3) is 0 Å². The second-order valence-corrected chi connectivity index (χ2v) is 5.20. The van der Waals surface area contributed by atoms with E-state index in [2.05, 4.69) is 26.2 Å². The second kappa shape index (κ2) is 4.42. The Labute approximate surface area is 109 Å². The number of carboxylic acid groups (broad SMARTS) is 1. The third-order valence-electron chi connectivity index (χ3n) is 1.98. The van der Waals surface area contributed by atoms with Gasteiger partial charge in [0.1, 0.15) is 0 Å². The van der Waals surface area contributed by atoms with E-state index in [0.717, 1.165) is 0 Å². The van der Waals surface area contributed by atoms with Crippen molar-refractivity contribution in [3.8, 4) is 0 Å². The number of halogens is 1. The van der Waals surface area contributed by atoms with E-state index in [1.807, 2.05) is 0 Å². The van der Waals surface area contributed by atoms with Gasteiger partial charge in [-0.1, -0.05) is 11.3 Å². The van der Waals surface area contributed by atoms with Crippen LogP contribution >= 0.6 is 27.3 Å². The average Bonchev–Trinajstić information content (AvgIpc) is 2.59. The molecule has 2 rings (SSSR count). The van der Waals surface area contributed by atoms with Crippen molar-refractivity contribution in [2.75, 3.05) is 5.32 Å². The van der Waals surface area contributed by atoms with E-state index in [9.17, 15) is 9.59 Å². The smallest absolute Gasteiger partial charge is 0.335 e. The fourth-order valence-corrected chi connectivity index (χ4v) is 2.97. The Hall–Kier alpha value is -1.47. The summed E-state index contributed by atoms with van der Waals surface area (Å²) in [7, 11) is 0. The molecule has 5 nitrogen and oxygen atoms in total. The zero-order valence-corrected chi connectivity index (χ0v) is 11.1. The van der Waals surface area contributed by atoms with Crippen LogP contribution in [0, 0.1) is 0 Å². The molecular weight excluding hydrogens is 308 g/mol. The average molecular weight is 315 g/mol. The van der Waals surface area contributed by atoms with Crippen molar-refractivity contribution in [1.82, 2.24) is 4.98 Å². The molecule has 0 bridgehead atoms. The first-order chi connectivity index (χ1) is 7.97. The zero-order chi connectivity index (χ0) is 12.6. The summed E-state index contributed by atoms with van der Waals surface area (Å²) in [6.07, 6.45) is 0. The number of carbonyl (C=O) groups is 2. The van der Waals surface area contributed by atoms with Gasteiger partial charge in [0, 0.05) is 11.4 Å². The number of hydrogen-bond donors (Lipinski definition) is 2. The van der Waals surface area contributed by atoms with Crippen molar-refractivity contribution >= 4 is 54.5 Å². The molecule has 7 heteroatoms. The molecule has 1 heterocycles. The van der Waals surface area contributed by atoms with E-state index in [0.29, 0.717) is 19.8 Å². The highest BCUT2D eigenvalue weighted by molar-refractivity contribution is 9.10. The zero-order valence-electron chi connectivity index (χ0n) is 8.65. The quantitative estimate of drug-likeness (QED) is 0.893. The lowest BCUT2D eigenvalue weighted by molar-refractivity contribution is -0.114. The molecule has 1 amide bonds. The van der Waals surface area contributed by atoms with E-state index in [4.69, 9.17) is 5.11 Å². The largest absolute Gasteiger partial charge is 0.478 e. The van der Waals surface area contributed by atoms with Crippen LogP contribution in [-0.2, 0) is 4.79 Å². The molecule has 0 aliphatic rings. The van der Waals surface area contributed by atoms with Crippen LogP contribution in [0.5, 0.6) is 0 Å². The van der Waals surface area contributed by atoms with Gasteiger partial charge in [0.15, 0.2) is 5.13 Å². The Kier molecular flexibility index (Phi) is 3.12. The van der Waals surface area contributed by atoms with Crippen molar-refractivity contribution in [1.29, 1.82) is 0 Å². The molecule has 1 aromatic heterocycles. The number of nitrogens with one attached hydrogen (secondary N) is 1. The van der Waals surface area contributed by atoms with Gasteiger partial charge in [-0.2, -0.15) is 0 Å². The molecule has 0 aliphatic heterocycles. The van der Waals surface area contributed by atoms with Crippen molar-refractivity contribution in [3.05, 3.63) is 22.2 Å². The monoisotopic (exact) mass is 314 g/mol. The lowest BCUT2D eigenvalue weighted by Crippen LogP contribution is -2.04. The Bertz CT molecular complexity index is 623. The molecule has 0 saturated carbocycles. The Morgan fingerprint density at radius 1 is 1.47 bits per heavy atom. The number of anilines is 1. The fourth-order valence-electron chi connectivity index (χ4n) is 1.32. The van der Waals surface area contributed by atoms with Gasteiger partial charge in [0.05, 0.1) is 15.8 Å². The van der Waals surface area contributed by atoms with E-state index in [1.165, 1.54) is 30.4 Å². The third kappa shape index (κ3) is 2.45. The minimum Gasteiger partial charge on any atom is -0.478 e. The highest BCUT2D eigenvalue weighted by Crippen LogP contribution is 2.32. The van der Waals surface area contributed by atoms with Gasteiger partial charge in [-0.15, -0.1) is 0 Å². The van der Waals surface area contributed by atoms with Crippen LogP contribution in [0.25, 0.3) is 10.2 Å². The van der Waals surface area contributed by atoms with Crippen LogP contribution in [0.4, 0.5) is 5.13 Å². The van der Waals surface area contributed by atoms with Gasteiger partial charge < -0.3 is 10.4 Å². The Morgan fingerprint density at radius 2 is 2.18 bits per heavy atom. The molecule has 88 valence electrons. The number of benzene rings is 1. The molecular formula is C10H7BrN2O3S. The Balaban J connectivity index is 2.56. The molecule has 0 saturated heterocycles. The fraction of sp³-hybridized carbons (Fsp3) is 0.100. The van der Waals surface area contributed by atoms with Crippen LogP contribution < -0.4 is 5.32 Å². The topological polar surface area (TPSA) is 79.3 Å². The number of thiazole rings is 1. The predicted octanol–water partition coefficient (Wildman–Crippen LogP) is 2.72. The maximum absolute atomic E-state index is 10.9. The highest BCUT2D eigenvalue weighted by Gasteiger charge is 2.12. The minimum atomic E-state index is -0.998. The van der Waals surface area contributed by atoms with Crippen molar-refractivity contribution in [2.45, 2.75) is 6.92 Å². The third-order valence-corrected chi connectivity index (χ3v) is 3.50. The number of fused-ring (bicyclic) bond motifs is 1. The summed E-state index contributed by atoms with van der Waals surface area (Å²) in [5.41, 5.74) is 0.825. The van der Waals surface area contributed by atoms with E-state index < -0.39 is 5.97 Å². The van der Waals surface area contributed by atoms with Crippen molar-refractivity contribution < 1.29 is 14.7 Å². The maximum atomic E-state index is 10.9. The van der Waals surface area contributed by atoms with Gasteiger partial charge in [0.2, 0.25) is 5.91 Å². The van der Waals surface area contributed by atoms with Crippen LogP contribution in [0.1, 0.15) is 17.3 Å². The van der Waals surface area contributed by atoms with Crippen LogP contribution in [0.3, 0.4) is 0 Å². The predicted molar refractivity (Wildman–Crippen MR) is 68.6 cm³/mol. The molecule has 2 aromatic rings. The number of aromatic carboxylic acids is 1. The first-order valence-electron chi connectivity index (χ1n) is 4.58. The summed E-state index contributed by atoms with van der Waals surface area (Å²) in [4.78, 5) is 26.0. The molecule has 0 radical (unpaired) electrons. The van der Waals surface area contributed by atoms with Crippen molar-refractivity contribution in [2.24, 2.45) is 0 Å². The lowest BCUT2D eigenvalue weighted by Gasteiger charge is -1.96. The molecule has 0 unspecified atom stereocenters. The Morgan fingerprint density at radius 3 is 2.76 bits per heavy atom. The molecule has 0 fully saturated rings. The number of aromatic nitrogens is 1. The summed E-state index contributed by atoms with van der Waals surface area (Å²) in [5, 5.41) is 11.9. The number of rotatable bonds is 2. The summed E-state index contributed by atoms with van der Waals surface area (Å²) in [6.45, 7) is 1.39. The second-order valence-electron chi connectivity index (χ2n) is 3.31. The number of nitrogens with zero attached hydrogens (tertiary/aromatic N) is 1. The SMILES string of the molecule is CC(=O)Nc1nc2c(Br)cc(C(=O)O)cc2s1. The van der Waals surface area contributed by atoms with E-state index >= 15 is 0 Å². The number of hydrogen-bond acceptors (Lipinski definition) is 4. The molecule has 17 heavy (non-hydrogen) atoms. The van der Waals surface area contributed by atoms with Gasteiger partial charge in [-0.3, -0.25) is 4.79 Å². The van der Waals surface area contributed by atoms with Gasteiger partial charge in [-0.25, -0.2) is 9.78 Å². The number of carboxylic acids is 1. The molecule has 0 spiro atoms. The minimum absolute atomic E-state index is 0.183. The normalized spacial score (nSPS) is 10.5. The molecule has 0 atom stereocenters. The van der Waals surface area contributed by atoms with Crippen molar-refractivity contribution in [3.63, 3.8) is 0 Å². The molecule has 1 aromatic carbocycles. The molecule has 2 N–H and O–H groups in total. The summed E-state index contributed by atoms with van der Waals surface area (Å²) >= 11 is 4.50. The number of carbonyl (C=O) groups excluding carboxylic acids is 1. The van der Waals surface area contributed by atoms with E-state index in [-0.39, 0.29) is 11.5 Å². The van der Waals surface area contributed by atoms with Crippen LogP contribution in [0.15, 0.2) is 16.6 Å². The standard InChI is InChI=1S/C10H7BrN2O3S/c1-4(14)12-10-13-8-6(11)2-5(9(15)16)3-7(8)17-10/h2-3H,1H3,(H,15,16)(H,12,13,14). The van der Waals surface area contributed by atoms with Crippen LogP contribution in [0.2, 0.25) is 0 Å². The summed E-state index contributed by atoms with van der Waals surface area (Å²) in [5.74, 6) is -1.21. The summed E-state index contributed by atoms with van der Waals surface area (Å²) in [6, 6.07) is 3.02. The van der Waals surface area contributed by atoms with Gasteiger partial charge >= 0.3 is 5.97 Å². The summed E-state index contributed by atoms with van der Waals surface area (Å²) < 4.78 is 1.31. The first kappa shape index (κ1) is 12.0. The highest BCUT2D eigenvalue weighted by atomic mass is 79.9. The lowest BCUT2D eigenvalue weighted by atomic mass is 10.2. The maximum Gasteiger partial charge on any atom is 0.335 e.